The van der Waals surface area contributed by atoms with Crippen molar-refractivity contribution in [3.63, 3.8) is 0 Å². The predicted octanol–water partition coefficient (Wildman–Crippen LogP) is 0.986. The maximum Gasteiger partial charge on any atom is 0.269 e. The Balaban J connectivity index is 2.20. The Bertz CT molecular complexity index is 610. The fourth-order valence-electron chi connectivity index (χ4n) is 2.21. The van der Waals surface area contributed by atoms with Crippen LogP contribution in [-0.2, 0) is 13.1 Å². The predicted molar refractivity (Wildman–Crippen MR) is 89.5 cm³/mol. The molecular formula is C15H21N5OS. The number of carbonyl (C=O) groups excluding carboxylic acids is 1. The van der Waals surface area contributed by atoms with Gasteiger partial charge in [0.15, 0.2) is 0 Å². The molecule has 0 fully saturated rings. The highest BCUT2D eigenvalue weighted by atomic mass is 32.2. The molecule has 1 heterocycles. The molecule has 0 aliphatic heterocycles. The molecule has 0 saturated carbocycles. The summed E-state index contributed by atoms with van der Waals surface area (Å²) in [6.45, 7) is 1.17. The molecule has 0 aliphatic carbocycles. The molecule has 0 spiro atoms. The van der Waals surface area contributed by atoms with E-state index in [4.69, 9.17) is 5.73 Å². The van der Waals surface area contributed by atoms with E-state index >= 15 is 0 Å². The number of carbonyl (C=O) groups is 1. The second-order valence-corrected chi connectivity index (χ2v) is 5.75. The summed E-state index contributed by atoms with van der Waals surface area (Å²) in [6, 6.07) is 10.0. The average molecular weight is 319 g/mol. The Morgan fingerprint density at radius 2 is 2.14 bits per heavy atom. The van der Waals surface area contributed by atoms with Crippen LogP contribution in [0.3, 0.4) is 0 Å². The highest BCUT2D eigenvalue weighted by Crippen LogP contribution is 2.12. The van der Waals surface area contributed by atoms with E-state index in [2.05, 4.69) is 15.6 Å². The first-order chi connectivity index (χ1) is 10.7. The van der Waals surface area contributed by atoms with Crippen molar-refractivity contribution in [2.24, 2.45) is 5.73 Å². The van der Waals surface area contributed by atoms with E-state index in [1.165, 1.54) is 0 Å². The van der Waals surface area contributed by atoms with Gasteiger partial charge in [0.2, 0.25) is 0 Å². The van der Waals surface area contributed by atoms with Crippen LogP contribution in [0.1, 0.15) is 21.7 Å². The summed E-state index contributed by atoms with van der Waals surface area (Å²) in [7, 11) is 1.88. The van der Waals surface area contributed by atoms with Crippen molar-refractivity contribution < 1.29 is 4.79 Å². The molecule has 2 rings (SSSR count). The SMILES string of the molecule is CNC(NCc1c(C(N)=O)ncn1Cc1ccccc1)SC. The third kappa shape index (κ3) is 4.09. The smallest absolute Gasteiger partial charge is 0.269 e. The first kappa shape index (κ1) is 16.5. The Labute approximate surface area is 134 Å². The van der Waals surface area contributed by atoms with Crippen LogP contribution in [0.2, 0.25) is 0 Å². The molecular weight excluding hydrogens is 298 g/mol. The van der Waals surface area contributed by atoms with Crippen LogP contribution in [-0.4, -0.2) is 34.3 Å². The lowest BCUT2D eigenvalue weighted by Crippen LogP contribution is -2.37. The second-order valence-electron chi connectivity index (χ2n) is 4.80. The normalized spacial score (nSPS) is 12.3. The van der Waals surface area contributed by atoms with E-state index in [0.29, 0.717) is 18.8 Å². The number of hydrogen-bond acceptors (Lipinski definition) is 5. The molecule has 1 aromatic heterocycles. The zero-order chi connectivity index (χ0) is 15.9. The van der Waals surface area contributed by atoms with Crippen molar-refractivity contribution in [1.82, 2.24) is 20.2 Å². The number of primary amides is 1. The maximum atomic E-state index is 11.6. The molecule has 6 nitrogen and oxygen atoms in total. The number of nitrogens with zero attached hydrogens (tertiary/aromatic N) is 2. The van der Waals surface area contributed by atoms with Gasteiger partial charge in [0.05, 0.1) is 12.0 Å². The minimum Gasteiger partial charge on any atom is -0.364 e. The fourth-order valence-corrected chi connectivity index (χ4v) is 2.69. The van der Waals surface area contributed by atoms with Gasteiger partial charge in [-0.15, -0.1) is 11.8 Å². The minimum absolute atomic E-state index is 0.0980. The number of hydrogen-bond donors (Lipinski definition) is 3. The van der Waals surface area contributed by atoms with Crippen LogP contribution >= 0.6 is 11.8 Å². The van der Waals surface area contributed by atoms with E-state index in [-0.39, 0.29) is 5.50 Å². The molecule has 22 heavy (non-hydrogen) atoms. The van der Waals surface area contributed by atoms with Crippen molar-refractivity contribution in [3.8, 4) is 0 Å². The summed E-state index contributed by atoms with van der Waals surface area (Å²) >= 11 is 1.65. The molecule has 1 aromatic carbocycles. The van der Waals surface area contributed by atoms with Gasteiger partial charge in [-0.25, -0.2) is 4.98 Å². The third-order valence-corrected chi connectivity index (χ3v) is 4.20. The molecule has 118 valence electrons. The largest absolute Gasteiger partial charge is 0.364 e. The molecule has 0 saturated heterocycles. The zero-order valence-corrected chi connectivity index (χ0v) is 13.6. The van der Waals surface area contributed by atoms with Crippen molar-refractivity contribution in [1.29, 1.82) is 0 Å². The summed E-state index contributed by atoms with van der Waals surface area (Å²) in [5.41, 5.74) is 7.79. The number of rotatable bonds is 8. The molecule has 1 atom stereocenters. The van der Waals surface area contributed by atoms with Gasteiger partial charge in [0.25, 0.3) is 5.91 Å². The number of aromatic nitrogens is 2. The topological polar surface area (TPSA) is 85.0 Å². The molecule has 4 N–H and O–H groups in total. The number of imidazole rings is 1. The molecule has 1 unspecified atom stereocenters. The highest BCUT2D eigenvalue weighted by Gasteiger charge is 2.16. The van der Waals surface area contributed by atoms with Crippen LogP contribution in [0.5, 0.6) is 0 Å². The number of nitrogens with two attached hydrogens (primary N) is 1. The van der Waals surface area contributed by atoms with Gasteiger partial charge in [-0.05, 0) is 18.9 Å². The summed E-state index contributed by atoms with van der Waals surface area (Å²) < 4.78 is 1.95. The van der Waals surface area contributed by atoms with Gasteiger partial charge in [-0.1, -0.05) is 30.3 Å². The number of thioether (sulfide) groups is 1. The molecule has 2 aromatic rings. The second kappa shape index (κ2) is 7.98. The Kier molecular flexibility index (Phi) is 6.00. The number of nitrogens with one attached hydrogen (secondary N) is 2. The lowest BCUT2D eigenvalue weighted by molar-refractivity contribution is 0.0994. The van der Waals surface area contributed by atoms with Crippen LogP contribution in [0, 0.1) is 0 Å². The van der Waals surface area contributed by atoms with Crippen LogP contribution < -0.4 is 16.4 Å². The van der Waals surface area contributed by atoms with E-state index in [1.807, 2.05) is 48.2 Å². The van der Waals surface area contributed by atoms with Crippen LogP contribution in [0.4, 0.5) is 0 Å². The van der Waals surface area contributed by atoms with Gasteiger partial charge in [0, 0.05) is 13.1 Å². The van der Waals surface area contributed by atoms with Crippen molar-refractivity contribution in [2.75, 3.05) is 13.3 Å². The van der Waals surface area contributed by atoms with E-state index in [1.54, 1.807) is 18.1 Å². The van der Waals surface area contributed by atoms with Crippen molar-refractivity contribution >= 4 is 17.7 Å². The van der Waals surface area contributed by atoms with Crippen molar-refractivity contribution in [3.05, 3.63) is 53.6 Å². The van der Waals surface area contributed by atoms with Gasteiger partial charge in [-0.2, -0.15) is 0 Å². The average Bonchev–Trinajstić information content (AvgIpc) is 2.92. The lowest BCUT2D eigenvalue weighted by atomic mass is 10.2. The van der Waals surface area contributed by atoms with E-state index in [0.717, 1.165) is 11.3 Å². The fraction of sp³-hybridized carbons (Fsp3) is 0.333. The summed E-state index contributed by atoms with van der Waals surface area (Å²) in [5, 5.41) is 6.46. The first-order valence-electron chi connectivity index (χ1n) is 6.97. The molecule has 0 radical (unpaired) electrons. The molecule has 1 amide bonds. The maximum absolute atomic E-state index is 11.6. The quantitative estimate of drug-likeness (QED) is 0.632. The van der Waals surface area contributed by atoms with Gasteiger partial charge >= 0.3 is 0 Å². The Morgan fingerprint density at radius 3 is 2.73 bits per heavy atom. The Morgan fingerprint density at radius 1 is 1.41 bits per heavy atom. The van der Waals surface area contributed by atoms with E-state index in [9.17, 15) is 4.79 Å². The van der Waals surface area contributed by atoms with Crippen molar-refractivity contribution in [2.45, 2.75) is 18.6 Å². The summed E-state index contributed by atoms with van der Waals surface area (Å²) in [6.07, 6.45) is 3.67. The van der Waals surface area contributed by atoms with Gasteiger partial charge < -0.3 is 10.3 Å². The monoisotopic (exact) mass is 319 g/mol. The van der Waals surface area contributed by atoms with Crippen LogP contribution in [0.15, 0.2) is 36.7 Å². The summed E-state index contributed by atoms with van der Waals surface area (Å²) in [4.78, 5) is 15.7. The van der Waals surface area contributed by atoms with E-state index < -0.39 is 5.91 Å². The summed E-state index contributed by atoms with van der Waals surface area (Å²) in [5.74, 6) is -0.506. The van der Waals surface area contributed by atoms with Crippen LogP contribution in [0.25, 0.3) is 0 Å². The number of amides is 1. The zero-order valence-electron chi connectivity index (χ0n) is 12.7. The number of benzene rings is 1. The lowest BCUT2D eigenvalue weighted by Gasteiger charge is -2.17. The van der Waals surface area contributed by atoms with Gasteiger partial charge in [0.1, 0.15) is 11.2 Å². The standard InChI is InChI=1S/C15H21N5OS/c1-17-15(22-2)18-8-12-13(14(16)21)19-10-20(12)9-11-6-4-3-5-7-11/h3-7,10,15,17-18H,8-9H2,1-2H3,(H2,16,21). The molecule has 7 heteroatoms. The molecule has 0 bridgehead atoms. The first-order valence-corrected chi connectivity index (χ1v) is 8.25. The highest BCUT2D eigenvalue weighted by molar-refractivity contribution is 7.99. The molecule has 0 aliphatic rings. The Hall–Kier alpha value is -1.83. The van der Waals surface area contributed by atoms with Gasteiger partial charge in [-0.3, -0.25) is 15.4 Å². The minimum atomic E-state index is -0.506. The third-order valence-electron chi connectivity index (χ3n) is 3.33.